The van der Waals surface area contributed by atoms with Gasteiger partial charge < -0.3 is 14.8 Å². The molecule has 3 rings (SSSR count). The highest BCUT2D eigenvalue weighted by molar-refractivity contribution is 6.05. The van der Waals surface area contributed by atoms with Gasteiger partial charge in [0.2, 0.25) is 0 Å². The molecule has 0 saturated carbocycles. The average Bonchev–Trinajstić information content (AvgIpc) is 2.80. The standard InChI is InChI=1S/C23H23N3O5/c1-3-12-24-23(29)26-21(27)14-31-22(28)18-13-20(15-8-10-16(30-2)11-9-15)25-19-7-5-4-6-17(18)19/h4-11,13H,3,12,14H2,1-2H3,(H2,24,26,27,29). The summed E-state index contributed by atoms with van der Waals surface area (Å²) in [5.74, 6) is -0.689. The molecule has 8 nitrogen and oxygen atoms in total. The Hall–Kier alpha value is -3.94. The molecule has 3 aromatic rings. The number of para-hydroxylation sites is 1. The largest absolute Gasteiger partial charge is 0.497 e. The van der Waals surface area contributed by atoms with E-state index in [2.05, 4.69) is 15.6 Å². The van der Waals surface area contributed by atoms with E-state index < -0.39 is 24.5 Å². The molecule has 160 valence electrons. The fourth-order valence-corrected chi connectivity index (χ4v) is 2.91. The van der Waals surface area contributed by atoms with Crippen molar-refractivity contribution >= 4 is 28.8 Å². The van der Waals surface area contributed by atoms with Crippen molar-refractivity contribution in [3.05, 3.63) is 60.2 Å². The number of benzene rings is 2. The number of ether oxygens (including phenoxy) is 2. The van der Waals surface area contributed by atoms with Crippen molar-refractivity contribution in [2.45, 2.75) is 13.3 Å². The molecule has 31 heavy (non-hydrogen) atoms. The highest BCUT2D eigenvalue weighted by atomic mass is 16.5. The van der Waals surface area contributed by atoms with E-state index in [0.717, 1.165) is 12.0 Å². The van der Waals surface area contributed by atoms with Gasteiger partial charge in [-0.3, -0.25) is 10.1 Å². The zero-order valence-electron chi connectivity index (χ0n) is 17.3. The molecule has 0 unspecified atom stereocenters. The summed E-state index contributed by atoms with van der Waals surface area (Å²) in [6.07, 6.45) is 0.738. The maximum atomic E-state index is 12.8. The van der Waals surface area contributed by atoms with Crippen LogP contribution in [0.5, 0.6) is 5.75 Å². The fourth-order valence-electron chi connectivity index (χ4n) is 2.91. The predicted octanol–water partition coefficient (Wildman–Crippen LogP) is 3.30. The van der Waals surface area contributed by atoms with Crippen molar-refractivity contribution in [3.63, 3.8) is 0 Å². The maximum Gasteiger partial charge on any atom is 0.339 e. The summed E-state index contributed by atoms with van der Waals surface area (Å²) in [6, 6.07) is 15.5. The van der Waals surface area contributed by atoms with Gasteiger partial charge in [-0.05, 0) is 42.8 Å². The number of fused-ring (bicyclic) bond motifs is 1. The number of urea groups is 1. The molecule has 8 heteroatoms. The molecule has 0 aliphatic heterocycles. The summed E-state index contributed by atoms with van der Waals surface area (Å²) in [5.41, 5.74) is 2.27. The van der Waals surface area contributed by atoms with E-state index >= 15 is 0 Å². The van der Waals surface area contributed by atoms with Crippen LogP contribution in [0, 0.1) is 0 Å². The van der Waals surface area contributed by atoms with E-state index in [1.807, 2.05) is 25.1 Å². The minimum Gasteiger partial charge on any atom is -0.497 e. The first-order chi connectivity index (χ1) is 15.0. The quantitative estimate of drug-likeness (QED) is 0.567. The Morgan fingerprint density at radius 1 is 1.03 bits per heavy atom. The molecule has 0 aliphatic rings. The molecule has 0 saturated heterocycles. The maximum absolute atomic E-state index is 12.8. The second-order valence-electron chi connectivity index (χ2n) is 6.68. The minimum absolute atomic E-state index is 0.277. The number of pyridine rings is 1. The normalized spacial score (nSPS) is 10.4. The molecule has 0 fully saturated rings. The van der Waals surface area contributed by atoms with E-state index in [1.54, 1.807) is 43.5 Å². The number of carbonyl (C=O) groups is 3. The first kappa shape index (κ1) is 21.8. The second-order valence-corrected chi connectivity index (χ2v) is 6.68. The van der Waals surface area contributed by atoms with Crippen LogP contribution in [-0.2, 0) is 9.53 Å². The SMILES string of the molecule is CCCNC(=O)NC(=O)COC(=O)c1cc(-c2ccc(OC)cc2)nc2ccccc12. The molecule has 1 aromatic heterocycles. The topological polar surface area (TPSA) is 107 Å². The Labute approximate surface area is 179 Å². The Balaban J connectivity index is 1.80. The number of carbonyl (C=O) groups excluding carboxylic acids is 3. The molecule has 0 bridgehead atoms. The summed E-state index contributed by atoms with van der Waals surface area (Å²) in [7, 11) is 1.58. The van der Waals surface area contributed by atoms with Crippen molar-refractivity contribution < 1.29 is 23.9 Å². The second kappa shape index (κ2) is 10.2. The third-order valence-corrected chi connectivity index (χ3v) is 4.44. The highest BCUT2D eigenvalue weighted by Crippen LogP contribution is 2.26. The van der Waals surface area contributed by atoms with Crippen LogP contribution >= 0.6 is 0 Å². The lowest BCUT2D eigenvalue weighted by Crippen LogP contribution is -2.41. The molecule has 3 amide bonds. The molecular weight excluding hydrogens is 398 g/mol. The number of esters is 1. The lowest BCUT2D eigenvalue weighted by atomic mass is 10.0. The van der Waals surface area contributed by atoms with Gasteiger partial charge in [0.1, 0.15) is 5.75 Å². The van der Waals surface area contributed by atoms with Gasteiger partial charge in [0.15, 0.2) is 6.61 Å². The molecule has 0 aliphatic carbocycles. The van der Waals surface area contributed by atoms with Gasteiger partial charge in [0, 0.05) is 17.5 Å². The number of imide groups is 1. The number of nitrogens with one attached hydrogen (secondary N) is 2. The van der Waals surface area contributed by atoms with Gasteiger partial charge in [-0.25, -0.2) is 14.6 Å². The van der Waals surface area contributed by atoms with Crippen molar-refractivity contribution in [1.82, 2.24) is 15.6 Å². The molecular formula is C23H23N3O5. The van der Waals surface area contributed by atoms with Gasteiger partial charge in [-0.15, -0.1) is 0 Å². The van der Waals surface area contributed by atoms with E-state index in [9.17, 15) is 14.4 Å². The lowest BCUT2D eigenvalue weighted by molar-refractivity contribution is -0.123. The predicted molar refractivity (Wildman–Crippen MR) is 116 cm³/mol. The Kier molecular flexibility index (Phi) is 7.16. The van der Waals surface area contributed by atoms with Gasteiger partial charge >= 0.3 is 12.0 Å². The number of hydrogen-bond acceptors (Lipinski definition) is 6. The van der Waals surface area contributed by atoms with Crippen molar-refractivity contribution in [2.75, 3.05) is 20.3 Å². The van der Waals surface area contributed by atoms with Crippen LogP contribution in [0.2, 0.25) is 0 Å². The van der Waals surface area contributed by atoms with Crippen molar-refractivity contribution in [2.24, 2.45) is 0 Å². The zero-order chi connectivity index (χ0) is 22.2. The van der Waals surface area contributed by atoms with Crippen LogP contribution < -0.4 is 15.4 Å². The average molecular weight is 421 g/mol. The minimum atomic E-state index is -0.712. The highest BCUT2D eigenvalue weighted by Gasteiger charge is 2.17. The first-order valence-electron chi connectivity index (χ1n) is 9.81. The summed E-state index contributed by atoms with van der Waals surface area (Å²) in [5, 5.41) is 5.23. The lowest BCUT2D eigenvalue weighted by Gasteiger charge is -2.11. The number of rotatable bonds is 7. The number of amides is 3. The number of methoxy groups -OCH3 is 1. The van der Waals surface area contributed by atoms with Gasteiger partial charge in [-0.1, -0.05) is 25.1 Å². The summed E-state index contributed by atoms with van der Waals surface area (Å²) in [6.45, 7) is 1.76. The van der Waals surface area contributed by atoms with Gasteiger partial charge in [0.05, 0.1) is 23.9 Å². The van der Waals surface area contributed by atoms with Crippen molar-refractivity contribution in [1.29, 1.82) is 0 Å². The fraction of sp³-hybridized carbons (Fsp3) is 0.217. The van der Waals surface area contributed by atoms with Gasteiger partial charge in [0.25, 0.3) is 5.91 Å². The Morgan fingerprint density at radius 2 is 1.77 bits per heavy atom. The molecule has 2 N–H and O–H groups in total. The Bertz CT molecular complexity index is 1100. The van der Waals surface area contributed by atoms with E-state index in [1.165, 1.54) is 0 Å². The van der Waals surface area contributed by atoms with Crippen LogP contribution in [0.15, 0.2) is 54.6 Å². The number of aromatic nitrogens is 1. The first-order valence-corrected chi connectivity index (χ1v) is 9.81. The summed E-state index contributed by atoms with van der Waals surface area (Å²) >= 11 is 0. The van der Waals surface area contributed by atoms with Gasteiger partial charge in [-0.2, -0.15) is 0 Å². The molecule has 0 atom stereocenters. The van der Waals surface area contributed by atoms with Crippen LogP contribution in [0.4, 0.5) is 4.79 Å². The zero-order valence-corrected chi connectivity index (χ0v) is 17.3. The molecule has 0 spiro atoms. The van der Waals surface area contributed by atoms with Crippen LogP contribution in [0.25, 0.3) is 22.2 Å². The smallest absolute Gasteiger partial charge is 0.339 e. The van der Waals surface area contributed by atoms with E-state index in [4.69, 9.17) is 9.47 Å². The van der Waals surface area contributed by atoms with Crippen LogP contribution in [0.3, 0.4) is 0 Å². The molecule has 0 radical (unpaired) electrons. The van der Waals surface area contributed by atoms with E-state index in [-0.39, 0.29) is 5.56 Å². The number of nitrogens with zero attached hydrogens (tertiary/aromatic N) is 1. The van der Waals surface area contributed by atoms with Crippen LogP contribution in [-0.4, -0.2) is 43.2 Å². The summed E-state index contributed by atoms with van der Waals surface area (Å²) < 4.78 is 10.3. The monoisotopic (exact) mass is 421 g/mol. The Morgan fingerprint density at radius 3 is 2.48 bits per heavy atom. The third-order valence-electron chi connectivity index (χ3n) is 4.44. The number of hydrogen-bond donors (Lipinski definition) is 2. The third kappa shape index (κ3) is 5.57. The molecule has 1 heterocycles. The van der Waals surface area contributed by atoms with Crippen LogP contribution in [0.1, 0.15) is 23.7 Å². The van der Waals surface area contributed by atoms with E-state index in [0.29, 0.717) is 28.9 Å². The van der Waals surface area contributed by atoms with Crippen molar-refractivity contribution in [3.8, 4) is 17.0 Å². The summed E-state index contributed by atoms with van der Waals surface area (Å²) in [4.78, 5) is 40.8. The molecule has 2 aromatic carbocycles.